The molecular weight excluding hydrogens is 425 g/mol. The highest BCUT2D eigenvalue weighted by molar-refractivity contribution is 6.22. The number of amides is 2. The molecule has 0 N–H and O–H groups in total. The number of unbranched alkanes of at least 4 members (excludes halogenated alkanes) is 1. The number of imide groups is 1. The van der Waals surface area contributed by atoms with Crippen LogP contribution in [0.15, 0.2) is 48.5 Å². The minimum absolute atomic E-state index is 0.135. The average molecular weight is 454 g/mol. The summed E-state index contributed by atoms with van der Waals surface area (Å²) in [7, 11) is 0. The number of ether oxygens (including phenoxy) is 1. The smallest absolute Gasteiger partial charge is 0.338 e. The van der Waals surface area contributed by atoms with Crippen molar-refractivity contribution in [3.63, 3.8) is 0 Å². The van der Waals surface area contributed by atoms with E-state index in [1.54, 1.807) is 36.4 Å². The van der Waals surface area contributed by atoms with Crippen LogP contribution in [0.4, 0.5) is 15.8 Å². The number of hydrogen-bond donors (Lipinski definition) is 0. The number of benzene rings is 2. The highest BCUT2D eigenvalue weighted by Gasteiger charge is 2.43. The van der Waals surface area contributed by atoms with Crippen LogP contribution < -0.4 is 9.80 Å². The molecule has 2 aliphatic rings. The predicted molar refractivity (Wildman–Crippen MR) is 123 cm³/mol. The first-order chi connectivity index (χ1) is 16.0. The second-order valence-corrected chi connectivity index (χ2v) is 8.32. The molecule has 0 saturated carbocycles. The van der Waals surface area contributed by atoms with Crippen LogP contribution in [0.1, 0.15) is 36.5 Å². The zero-order valence-corrected chi connectivity index (χ0v) is 18.7. The van der Waals surface area contributed by atoms with E-state index in [1.165, 1.54) is 17.0 Å². The third-order valence-corrected chi connectivity index (χ3v) is 6.16. The fourth-order valence-electron chi connectivity index (χ4n) is 4.26. The number of carbonyl (C=O) groups excluding carboxylic acids is 3. The summed E-state index contributed by atoms with van der Waals surface area (Å²) in [6, 6.07) is 12.3. The quantitative estimate of drug-likeness (QED) is 0.364. The summed E-state index contributed by atoms with van der Waals surface area (Å²) in [4.78, 5) is 43.3. The zero-order chi connectivity index (χ0) is 23.4. The van der Waals surface area contributed by atoms with Gasteiger partial charge in [-0.1, -0.05) is 13.3 Å². The van der Waals surface area contributed by atoms with Crippen molar-refractivity contribution in [2.24, 2.45) is 0 Å². The number of hydrogen-bond acceptors (Lipinski definition) is 6. The lowest BCUT2D eigenvalue weighted by Gasteiger charge is -2.38. The number of nitrogens with zero attached hydrogens (tertiary/aromatic N) is 3. The molecule has 0 spiro atoms. The Morgan fingerprint density at radius 1 is 0.970 bits per heavy atom. The van der Waals surface area contributed by atoms with Gasteiger partial charge in [-0.15, -0.1) is 0 Å². The molecule has 2 aliphatic heterocycles. The molecular formula is C25H28FN3O4. The Labute approximate surface area is 192 Å². The van der Waals surface area contributed by atoms with Crippen LogP contribution in [0.2, 0.25) is 0 Å². The van der Waals surface area contributed by atoms with Crippen LogP contribution in [0.3, 0.4) is 0 Å². The molecule has 2 fully saturated rings. The van der Waals surface area contributed by atoms with Gasteiger partial charge in [-0.3, -0.25) is 14.5 Å². The van der Waals surface area contributed by atoms with Crippen molar-refractivity contribution in [1.29, 1.82) is 0 Å². The Morgan fingerprint density at radius 3 is 2.24 bits per heavy atom. The monoisotopic (exact) mass is 453 g/mol. The van der Waals surface area contributed by atoms with E-state index in [1.807, 2.05) is 11.8 Å². The van der Waals surface area contributed by atoms with Crippen LogP contribution in [-0.4, -0.2) is 61.5 Å². The molecule has 4 rings (SSSR count). The van der Waals surface area contributed by atoms with Crippen LogP contribution in [0.25, 0.3) is 0 Å². The molecule has 7 nitrogen and oxygen atoms in total. The highest BCUT2D eigenvalue weighted by Crippen LogP contribution is 2.27. The molecule has 174 valence electrons. The second-order valence-electron chi connectivity index (χ2n) is 8.32. The topological polar surface area (TPSA) is 70.2 Å². The molecule has 2 amide bonds. The van der Waals surface area contributed by atoms with E-state index in [4.69, 9.17) is 4.74 Å². The molecule has 33 heavy (non-hydrogen) atoms. The molecule has 8 heteroatoms. The number of carbonyl (C=O) groups is 3. The van der Waals surface area contributed by atoms with E-state index in [0.717, 1.165) is 18.5 Å². The molecule has 0 radical (unpaired) electrons. The fraction of sp³-hybridized carbons (Fsp3) is 0.400. The summed E-state index contributed by atoms with van der Waals surface area (Å²) in [5, 5.41) is 0. The lowest BCUT2D eigenvalue weighted by Crippen LogP contribution is -2.52. The van der Waals surface area contributed by atoms with Crippen molar-refractivity contribution in [2.75, 3.05) is 42.6 Å². The molecule has 2 saturated heterocycles. The van der Waals surface area contributed by atoms with E-state index in [2.05, 4.69) is 4.90 Å². The van der Waals surface area contributed by atoms with Gasteiger partial charge in [0.05, 0.1) is 30.3 Å². The van der Waals surface area contributed by atoms with Gasteiger partial charge in [-0.2, -0.15) is 0 Å². The van der Waals surface area contributed by atoms with Gasteiger partial charge < -0.3 is 9.64 Å². The fourth-order valence-corrected chi connectivity index (χ4v) is 4.26. The summed E-state index contributed by atoms with van der Waals surface area (Å²) in [5.74, 6) is -1.17. The van der Waals surface area contributed by atoms with E-state index in [9.17, 15) is 18.8 Å². The standard InChI is InChI=1S/C25H28FN3O4/c1-2-3-16-33-25(32)18-4-8-21(9-5-18)29-23(30)17-22(24(29)31)28-14-12-27(13-15-28)20-10-6-19(26)7-11-20/h4-11,22H,2-3,12-17H2,1H3/t22-/m1/s1. The Morgan fingerprint density at radius 2 is 1.61 bits per heavy atom. The van der Waals surface area contributed by atoms with Crippen molar-refractivity contribution >= 4 is 29.2 Å². The van der Waals surface area contributed by atoms with Gasteiger partial charge in [0.2, 0.25) is 5.91 Å². The van der Waals surface area contributed by atoms with Crippen LogP contribution in [0, 0.1) is 5.82 Å². The molecule has 0 aromatic heterocycles. The van der Waals surface area contributed by atoms with Gasteiger partial charge in [0.25, 0.3) is 5.91 Å². The Balaban J connectivity index is 1.37. The normalized spacial score (nSPS) is 19.3. The van der Waals surface area contributed by atoms with Crippen molar-refractivity contribution in [3.8, 4) is 0 Å². The molecule has 2 aromatic carbocycles. The Bertz CT molecular complexity index is 1000. The number of rotatable bonds is 7. The summed E-state index contributed by atoms with van der Waals surface area (Å²) in [6.07, 6.45) is 1.88. The minimum Gasteiger partial charge on any atom is -0.462 e. The summed E-state index contributed by atoms with van der Waals surface area (Å²) in [6.45, 7) is 5.05. The molecule has 2 aromatic rings. The average Bonchev–Trinajstić information content (AvgIpc) is 3.13. The Hall–Kier alpha value is -3.26. The first-order valence-corrected chi connectivity index (χ1v) is 11.4. The van der Waals surface area contributed by atoms with Crippen molar-refractivity contribution in [1.82, 2.24) is 4.90 Å². The van der Waals surface area contributed by atoms with Crippen molar-refractivity contribution < 1.29 is 23.5 Å². The van der Waals surface area contributed by atoms with Crippen LogP contribution in [-0.2, 0) is 14.3 Å². The molecule has 0 unspecified atom stereocenters. The maximum absolute atomic E-state index is 13.2. The molecule has 2 heterocycles. The summed E-state index contributed by atoms with van der Waals surface area (Å²) >= 11 is 0. The highest BCUT2D eigenvalue weighted by atomic mass is 19.1. The van der Waals surface area contributed by atoms with Gasteiger partial charge >= 0.3 is 5.97 Å². The molecule has 0 bridgehead atoms. The number of piperazine rings is 1. The molecule has 0 aliphatic carbocycles. The SMILES string of the molecule is CCCCOC(=O)c1ccc(N2C(=O)C[C@@H](N3CCN(c4ccc(F)cc4)CC3)C2=O)cc1. The molecule has 1 atom stereocenters. The third-order valence-electron chi connectivity index (χ3n) is 6.16. The Kier molecular flexibility index (Phi) is 7.03. The van der Waals surface area contributed by atoms with Crippen LogP contribution >= 0.6 is 0 Å². The predicted octanol–water partition coefficient (Wildman–Crippen LogP) is 3.24. The largest absolute Gasteiger partial charge is 0.462 e. The van der Waals surface area contributed by atoms with E-state index >= 15 is 0 Å². The zero-order valence-electron chi connectivity index (χ0n) is 18.7. The van der Waals surface area contributed by atoms with Gasteiger partial charge in [-0.05, 0) is 55.0 Å². The maximum Gasteiger partial charge on any atom is 0.338 e. The summed E-state index contributed by atoms with van der Waals surface area (Å²) < 4.78 is 18.4. The van der Waals surface area contributed by atoms with E-state index in [-0.39, 0.29) is 24.1 Å². The number of esters is 1. The van der Waals surface area contributed by atoms with Crippen molar-refractivity contribution in [2.45, 2.75) is 32.2 Å². The van der Waals surface area contributed by atoms with E-state index < -0.39 is 12.0 Å². The number of halogens is 1. The van der Waals surface area contributed by atoms with Gasteiger partial charge in [0.1, 0.15) is 5.82 Å². The minimum atomic E-state index is -0.494. The third kappa shape index (κ3) is 5.06. The van der Waals surface area contributed by atoms with Gasteiger partial charge in [0.15, 0.2) is 0 Å². The lowest BCUT2D eigenvalue weighted by atomic mass is 10.1. The van der Waals surface area contributed by atoms with Crippen molar-refractivity contribution in [3.05, 3.63) is 59.9 Å². The summed E-state index contributed by atoms with van der Waals surface area (Å²) in [5.41, 5.74) is 1.80. The van der Waals surface area contributed by atoms with Gasteiger partial charge in [0, 0.05) is 31.9 Å². The number of anilines is 2. The second kappa shape index (κ2) is 10.1. The van der Waals surface area contributed by atoms with Crippen LogP contribution in [0.5, 0.6) is 0 Å². The lowest BCUT2D eigenvalue weighted by molar-refractivity contribution is -0.123. The van der Waals surface area contributed by atoms with Gasteiger partial charge in [-0.25, -0.2) is 14.1 Å². The first-order valence-electron chi connectivity index (χ1n) is 11.4. The maximum atomic E-state index is 13.2. The first kappa shape index (κ1) is 22.9. The van der Waals surface area contributed by atoms with E-state index in [0.29, 0.717) is 44.0 Å².